The summed E-state index contributed by atoms with van der Waals surface area (Å²) in [6.07, 6.45) is 3.65. The molecule has 1 aromatic carbocycles. The van der Waals surface area contributed by atoms with Crippen molar-refractivity contribution in [2.24, 2.45) is 0 Å². The molecule has 0 radical (unpaired) electrons. The number of halogens is 3. The van der Waals surface area contributed by atoms with E-state index in [1.807, 2.05) is 24.5 Å². The van der Waals surface area contributed by atoms with Crippen molar-refractivity contribution in [2.75, 3.05) is 5.43 Å². The van der Waals surface area contributed by atoms with Gasteiger partial charge in [-0.05, 0) is 30.3 Å². The van der Waals surface area contributed by atoms with Crippen molar-refractivity contribution in [1.29, 1.82) is 0 Å². The number of ether oxygens (including phenoxy) is 1. The summed E-state index contributed by atoms with van der Waals surface area (Å²) in [6, 6.07) is 8.66. The zero-order valence-electron chi connectivity index (χ0n) is 9.32. The van der Waals surface area contributed by atoms with Gasteiger partial charge in [-0.25, -0.2) is 0 Å². The van der Waals surface area contributed by atoms with Gasteiger partial charge in [-0.3, -0.25) is 4.68 Å². The fraction of sp³-hybridized carbons (Fsp3) is 0.167. The SMILES string of the molecule is FC(F)Oc1ccc(Br)cc1CNn1cccc1. The highest BCUT2D eigenvalue weighted by Gasteiger charge is 2.09. The van der Waals surface area contributed by atoms with Crippen molar-refractivity contribution in [3.63, 3.8) is 0 Å². The number of aromatic nitrogens is 1. The van der Waals surface area contributed by atoms with Gasteiger partial charge in [-0.15, -0.1) is 0 Å². The molecule has 1 aromatic heterocycles. The Hall–Kier alpha value is -1.56. The number of hydrogen-bond donors (Lipinski definition) is 1. The maximum Gasteiger partial charge on any atom is 0.387 e. The average Bonchev–Trinajstić information content (AvgIpc) is 2.82. The minimum atomic E-state index is -2.82. The first-order chi connectivity index (χ1) is 8.65. The second-order valence-electron chi connectivity index (χ2n) is 3.56. The fourth-order valence-corrected chi connectivity index (χ4v) is 1.92. The van der Waals surface area contributed by atoms with Gasteiger partial charge in [0, 0.05) is 22.4 Å². The summed E-state index contributed by atoms with van der Waals surface area (Å²) < 4.78 is 31.5. The van der Waals surface area contributed by atoms with Crippen LogP contribution in [0.3, 0.4) is 0 Å². The van der Waals surface area contributed by atoms with E-state index in [9.17, 15) is 8.78 Å². The van der Waals surface area contributed by atoms with Crippen LogP contribution < -0.4 is 10.2 Å². The highest BCUT2D eigenvalue weighted by atomic mass is 79.9. The molecule has 0 saturated carbocycles. The lowest BCUT2D eigenvalue weighted by Gasteiger charge is -2.13. The van der Waals surface area contributed by atoms with Crippen LogP contribution in [0.2, 0.25) is 0 Å². The van der Waals surface area contributed by atoms with Crippen molar-refractivity contribution in [3.8, 4) is 5.75 Å². The summed E-state index contributed by atoms with van der Waals surface area (Å²) in [5, 5.41) is 0. The Morgan fingerprint density at radius 2 is 2.00 bits per heavy atom. The standard InChI is InChI=1S/C12H11BrF2N2O/c13-10-3-4-11(18-12(14)15)9(7-10)8-16-17-5-1-2-6-17/h1-7,12,16H,8H2. The molecule has 0 aliphatic rings. The van der Waals surface area contributed by atoms with Gasteiger partial charge in [0.1, 0.15) is 5.75 Å². The molecule has 2 aromatic rings. The molecule has 0 spiro atoms. The number of nitrogens with zero attached hydrogens (tertiary/aromatic N) is 1. The predicted octanol–water partition coefficient (Wildman–Crippen LogP) is 3.60. The Labute approximate surface area is 111 Å². The zero-order chi connectivity index (χ0) is 13.0. The Bertz CT molecular complexity index is 503. The molecule has 3 nitrogen and oxygen atoms in total. The largest absolute Gasteiger partial charge is 0.434 e. The molecule has 1 heterocycles. The maximum atomic E-state index is 12.3. The van der Waals surface area contributed by atoms with Crippen LogP contribution in [0, 0.1) is 0 Å². The summed E-state index contributed by atoms with van der Waals surface area (Å²) in [5.74, 6) is 0.174. The van der Waals surface area contributed by atoms with Crippen LogP contribution in [0.5, 0.6) is 5.75 Å². The first-order valence-electron chi connectivity index (χ1n) is 5.25. The van der Waals surface area contributed by atoms with Crippen LogP contribution >= 0.6 is 15.9 Å². The van der Waals surface area contributed by atoms with Gasteiger partial charge in [0.15, 0.2) is 0 Å². The van der Waals surface area contributed by atoms with Gasteiger partial charge in [0.05, 0.1) is 6.54 Å². The molecule has 2 rings (SSSR count). The lowest BCUT2D eigenvalue weighted by atomic mass is 10.2. The number of rotatable bonds is 5. The Kier molecular flexibility index (Phi) is 4.19. The van der Waals surface area contributed by atoms with Crippen molar-refractivity contribution >= 4 is 15.9 Å². The van der Waals surface area contributed by atoms with E-state index in [1.54, 1.807) is 16.8 Å². The molecule has 0 bridgehead atoms. The first-order valence-corrected chi connectivity index (χ1v) is 6.04. The second-order valence-corrected chi connectivity index (χ2v) is 4.47. The molecule has 0 aliphatic heterocycles. The third-order valence-corrected chi connectivity index (χ3v) is 2.79. The third-order valence-electron chi connectivity index (χ3n) is 2.30. The molecule has 0 atom stereocenters. The van der Waals surface area contributed by atoms with Gasteiger partial charge >= 0.3 is 6.61 Å². The van der Waals surface area contributed by atoms with Gasteiger partial charge in [-0.1, -0.05) is 15.9 Å². The molecule has 0 aliphatic carbocycles. The van der Waals surface area contributed by atoms with Crippen molar-refractivity contribution in [3.05, 3.63) is 52.8 Å². The van der Waals surface area contributed by atoms with E-state index >= 15 is 0 Å². The summed E-state index contributed by atoms with van der Waals surface area (Å²) in [7, 11) is 0. The summed E-state index contributed by atoms with van der Waals surface area (Å²) in [5.41, 5.74) is 3.70. The van der Waals surface area contributed by atoms with E-state index in [0.29, 0.717) is 12.1 Å². The van der Waals surface area contributed by atoms with Crippen LogP contribution in [0.25, 0.3) is 0 Å². The van der Waals surface area contributed by atoms with Crippen LogP contribution in [0.15, 0.2) is 47.2 Å². The Morgan fingerprint density at radius 3 is 2.67 bits per heavy atom. The molecular weight excluding hydrogens is 306 g/mol. The van der Waals surface area contributed by atoms with E-state index < -0.39 is 6.61 Å². The second kappa shape index (κ2) is 5.86. The van der Waals surface area contributed by atoms with Gasteiger partial charge < -0.3 is 10.2 Å². The van der Waals surface area contributed by atoms with Gasteiger partial charge in [-0.2, -0.15) is 8.78 Å². The average molecular weight is 317 g/mol. The molecule has 0 fully saturated rings. The molecule has 0 amide bonds. The smallest absolute Gasteiger partial charge is 0.387 e. The van der Waals surface area contributed by atoms with Gasteiger partial charge in [0.25, 0.3) is 0 Å². The summed E-state index contributed by atoms with van der Waals surface area (Å²) in [6.45, 7) is -2.44. The van der Waals surface area contributed by atoms with Crippen LogP contribution in [0.4, 0.5) is 8.78 Å². The van der Waals surface area contributed by atoms with Crippen molar-refractivity contribution < 1.29 is 13.5 Å². The van der Waals surface area contributed by atoms with E-state index in [1.165, 1.54) is 6.07 Å². The molecule has 96 valence electrons. The molecule has 0 saturated heterocycles. The Morgan fingerprint density at radius 1 is 1.28 bits per heavy atom. The lowest BCUT2D eigenvalue weighted by molar-refractivity contribution is -0.0504. The predicted molar refractivity (Wildman–Crippen MR) is 68.3 cm³/mol. The molecule has 18 heavy (non-hydrogen) atoms. The fourth-order valence-electron chi connectivity index (χ4n) is 1.51. The van der Waals surface area contributed by atoms with E-state index in [4.69, 9.17) is 0 Å². The third kappa shape index (κ3) is 3.46. The maximum absolute atomic E-state index is 12.3. The van der Waals surface area contributed by atoms with Crippen LogP contribution in [-0.4, -0.2) is 11.3 Å². The van der Waals surface area contributed by atoms with E-state index in [0.717, 1.165) is 4.47 Å². The molecule has 1 N–H and O–H groups in total. The molecular formula is C12H11BrF2N2O. The molecule has 6 heteroatoms. The molecule has 0 unspecified atom stereocenters. The highest BCUT2D eigenvalue weighted by Crippen LogP contribution is 2.24. The minimum absolute atomic E-state index is 0.174. The Balaban J connectivity index is 2.11. The quantitative estimate of drug-likeness (QED) is 0.912. The van der Waals surface area contributed by atoms with E-state index in [-0.39, 0.29) is 5.75 Å². The summed E-state index contributed by atoms with van der Waals surface area (Å²) >= 11 is 3.30. The van der Waals surface area contributed by atoms with Crippen molar-refractivity contribution in [1.82, 2.24) is 4.68 Å². The zero-order valence-corrected chi connectivity index (χ0v) is 10.9. The summed E-state index contributed by atoms with van der Waals surface area (Å²) in [4.78, 5) is 0. The van der Waals surface area contributed by atoms with Crippen molar-refractivity contribution in [2.45, 2.75) is 13.2 Å². The highest BCUT2D eigenvalue weighted by molar-refractivity contribution is 9.10. The normalized spacial score (nSPS) is 10.7. The minimum Gasteiger partial charge on any atom is -0.434 e. The number of alkyl halides is 2. The monoisotopic (exact) mass is 316 g/mol. The topological polar surface area (TPSA) is 26.2 Å². The number of hydrogen-bond acceptors (Lipinski definition) is 2. The number of nitrogens with one attached hydrogen (secondary N) is 1. The lowest BCUT2D eigenvalue weighted by Crippen LogP contribution is -2.13. The van der Waals surface area contributed by atoms with Crippen LogP contribution in [0.1, 0.15) is 5.56 Å². The first kappa shape index (κ1) is 12.9. The van der Waals surface area contributed by atoms with E-state index in [2.05, 4.69) is 26.1 Å². The van der Waals surface area contributed by atoms with Gasteiger partial charge in [0.2, 0.25) is 0 Å². The number of benzene rings is 1. The van der Waals surface area contributed by atoms with Crippen LogP contribution in [-0.2, 0) is 6.54 Å².